The maximum atomic E-state index is 2.39. The Labute approximate surface area is 105 Å². The van der Waals surface area contributed by atoms with E-state index in [-0.39, 0.29) is 5.41 Å². The van der Waals surface area contributed by atoms with Crippen LogP contribution in [-0.4, -0.2) is 0 Å². The Kier molecular flexibility index (Phi) is 2.57. The summed E-state index contributed by atoms with van der Waals surface area (Å²) in [6.07, 6.45) is 5.95. The van der Waals surface area contributed by atoms with Crippen molar-refractivity contribution in [3.63, 3.8) is 0 Å². The second kappa shape index (κ2) is 3.86. The van der Waals surface area contributed by atoms with Crippen molar-refractivity contribution in [2.45, 2.75) is 57.8 Å². The van der Waals surface area contributed by atoms with Crippen molar-refractivity contribution in [2.24, 2.45) is 11.8 Å². The summed E-state index contributed by atoms with van der Waals surface area (Å²) in [5.41, 5.74) is 3.35. The summed E-state index contributed by atoms with van der Waals surface area (Å²) < 4.78 is 0. The molecule has 3 rings (SSSR count). The first-order valence-corrected chi connectivity index (χ1v) is 7.14. The van der Waals surface area contributed by atoms with E-state index in [0.717, 1.165) is 17.8 Å². The van der Waals surface area contributed by atoms with Crippen LogP contribution in [0.4, 0.5) is 0 Å². The molecule has 0 radical (unpaired) electrons. The largest absolute Gasteiger partial charge is 0.0585 e. The SMILES string of the molecule is CC(C)(C)c1ccc(C2CC3CCC2C3)cc1. The normalized spacial score (nSPS) is 32.1. The Morgan fingerprint density at radius 2 is 1.65 bits per heavy atom. The molecule has 2 aliphatic rings. The molecule has 2 fully saturated rings. The second-order valence-electron chi connectivity index (χ2n) is 7.15. The summed E-state index contributed by atoms with van der Waals surface area (Å²) in [6, 6.07) is 9.49. The van der Waals surface area contributed by atoms with E-state index < -0.39 is 0 Å². The van der Waals surface area contributed by atoms with E-state index in [2.05, 4.69) is 45.0 Å². The molecular weight excluding hydrogens is 204 g/mol. The van der Waals surface area contributed by atoms with Crippen molar-refractivity contribution in [3.8, 4) is 0 Å². The van der Waals surface area contributed by atoms with E-state index in [1.54, 1.807) is 5.56 Å². The Hall–Kier alpha value is -0.780. The van der Waals surface area contributed by atoms with Gasteiger partial charge in [0, 0.05) is 0 Å². The summed E-state index contributed by atoms with van der Waals surface area (Å²) in [5.74, 6) is 2.93. The lowest BCUT2D eigenvalue weighted by molar-refractivity contribution is 0.420. The molecule has 1 aromatic carbocycles. The molecule has 0 nitrogen and oxygen atoms in total. The van der Waals surface area contributed by atoms with Gasteiger partial charge in [-0.2, -0.15) is 0 Å². The summed E-state index contributed by atoms with van der Waals surface area (Å²) in [5, 5.41) is 0. The maximum absolute atomic E-state index is 2.39. The molecule has 0 aliphatic heterocycles. The van der Waals surface area contributed by atoms with Crippen LogP contribution in [0, 0.1) is 11.8 Å². The predicted molar refractivity (Wildman–Crippen MR) is 73.3 cm³/mol. The van der Waals surface area contributed by atoms with Gasteiger partial charge in [0.15, 0.2) is 0 Å². The molecule has 2 saturated carbocycles. The minimum Gasteiger partial charge on any atom is -0.0585 e. The molecule has 3 unspecified atom stereocenters. The Bertz CT molecular complexity index is 393. The van der Waals surface area contributed by atoms with Crippen molar-refractivity contribution in [3.05, 3.63) is 35.4 Å². The minimum atomic E-state index is 0.285. The third-order valence-corrected chi connectivity index (χ3v) is 4.94. The van der Waals surface area contributed by atoms with Crippen LogP contribution in [0.3, 0.4) is 0 Å². The fourth-order valence-electron chi connectivity index (χ4n) is 3.88. The van der Waals surface area contributed by atoms with Crippen molar-refractivity contribution in [1.29, 1.82) is 0 Å². The van der Waals surface area contributed by atoms with Gasteiger partial charge in [-0.1, -0.05) is 51.5 Å². The Balaban J connectivity index is 1.81. The molecule has 0 aromatic heterocycles. The quantitative estimate of drug-likeness (QED) is 0.642. The highest BCUT2D eigenvalue weighted by Gasteiger charge is 2.39. The van der Waals surface area contributed by atoms with Crippen LogP contribution in [0.15, 0.2) is 24.3 Å². The topological polar surface area (TPSA) is 0 Å². The van der Waals surface area contributed by atoms with Gasteiger partial charge in [-0.15, -0.1) is 0 Å². The minimum absolute atomic E-state index is 0.285. The highest BCUT2D eigenvalue weighted by atomic mass is 14.4. The fraction of sp³-hybridized carbons (Fsp3) is 0.647. The number of hydrogen-bond donors (Lipinski definition) is 0. The standard InChI is InChI=1S/C17H24/c1-17(2,3)15-8-6-13(7-9-15)16-11-12-4-5-14(16)10-12/h6-9,12,14,16H,4-5,10-11H2,1-3H3. The van der Waals surface area contributed by atoms with Crippen LogP contribution in [0.1, 0.15) is 63.5 Å². The van der Waals surface area contributed by atoms with E-state index in [1.165, 1.54) is 31.2 Å². The van der Waals surface area contributed by atoms with Gasteiger partial charge in [0.2, 0.25) is 0 Å². The van der Waals surface area contributed by atoms with E-state index in [1.807, 2.05) is 0 Å². The smallest absolute Gasteiger partial charge is 0.0131 e. The number of benzene rings is 1. The zero-order valence-electron chi connectivity index (χ0n) is 11.4. The molecular formula is C17H24. The third kappa shape index (κ3) is 2.03. The average molecular weight is 228 g/mol. The van der Waals surface area contributed by atoms with Crippen LogP contribution in [0.2, 0.25) is 0 Å². The van der Waals surface area contributed by atoms with Crippen molar-refractivity contribution < 1.29 is 0 Å². The Morgan fingerprint density at radius 3 is 2.12 bits per heavy atom. The highest BCUT2D eigenvalue weighted by Crippen LogP contribution is 2.52. The molecule has 0 saturated heterocycles. The van der Waals surface area contributed by atoms with Crippen molar-refractivity contribution in [2.75, 3.05) is 0 Å². The van der Waals surface area contributed by atoms with E-state index in [0.29, 0.717) is 0 Å². The molecule has 0 heterocycles. The molecule has 0 heteroatoms. The van der Waals surface area contributed by atoms with Gasteiger partial charge in [-0.25, -0.2) is 0 Å². The predicted octanol–water partition coefficient (Wildman–Crippen LogP) is 4.89. The Morgan fingerprint density at radius 1 is 0.941 bits per heavy atom. The maximum Gasteiger partial charge on any atom is -0.0131 e. The zero-order valence-corrected chi connectivity index (χ0v) is 11.4. The first kappa shape index (κ1) is 11.3. The van der Waals surface area contributed by atoms with Crippen LogP contribution in [0.25, 0.3) is 0 Å². The molecule has 0 spiro atoms. The molecule has 2 bridgehead atoms. The van der Waals surface area contributed by atoms with Crippen molar-refractivity contribution >= 4 is 0 Å². The molecule has 3 atom stereocenters. The van der Waals surface area contributed by atoms with Crippen LogP contribution in [0.5, 0.6) is 0 Å². The molecule has 1 aromatic rings. The summed E-state index contributed by atoms with van der Waals surface area (Å²) in [7, 11) is 0. The van der Waals surface area contributed by atoms with Gasteiger partial charge in [-0.05, 0) is 53.6 Å². The number of hydrogen-bond acceptors (Lipinski definition) is 0. The van der Waals surface area contributed by atoms with Gasteiger partial charge in [0.1, 0.15) is 0 Å². The second-order valence-corrected chi connectivity index (χ2v) is 7.15. The zero-order chi connectivity index (χ0) is 12.0. The van der Waals surface area contributed by atoms with E-state index >= 15 is 0 Å². The van der Waals surface area contributed by atoms with Gasteiger partial charge < -0.3 is 0 Å². The van der Waals surface area contributed by atoms with Crippen molar-refractivity contribution in [1.82, 2.24) is 0 Å². The van der Waals surface area contributed by atoms with Gasteiger partial charge in [0.05, 0.1) is 0 Å². The summed E-state index contributed by atoms with van der Waals surface area (Å²) in [6.45, 7) is 6.87. The van der Waals surface area contributed by atoms with Gasteiger partial charge in [-0.3, -0.25) is 0 Å². The first-order chi connectivity index (χ1) is 8.04. The van der Waals surface area contributed by atoms with E-state index in [4.69, 9.17) is 0 Å². The van der Waals surface area contributed by atoms with Crippen LogP contribution >= 0.6 is 0 Å². The van der Waals surface area contributed by atoms with Gasteiger partial charge >= 0.3 is 0 Å². The van der Waals surface area contributed by atoms with Gasteiger partial charge in [0.25, 0.3) is 0 Å². The van der Waals surface area contributed by atoms with E-state index in [9.17, 15) is 0 Å². The monoisotopic (exact) mass is 228 g/mol. The molecule has 2 aliphatic carbocycles. The first-order valence-electron chi connectivity index (χ1n) is 7.14. The fourth-order valence-corrected chi connectivity index (χ4v) is 3.88. The number of fused-ring (bicyclic) bond motifs is 2. The lowest BCUT2D eigenvalue weighted by Crippen LogP contribution is -2.12. The number of rotatable bonds is 1. The third-order valence-electron chi connectivity index (χ3n) is 4.94. The highest BCUT2D eigenvalue weighted by molar-refractivity contribution is 5.30. The van der Waals surface area contributed by atoms with Crippen LogP contribution < -0.4 is 0 Å². The average Bonchev–Trinajstić information content (AvgIpc) is 2.89. The molecule has 0 amide bonds. The molecule has 17 heavy (non-hydrogen) atoms. The molecule has 0 N–H and O–H groups in total. The summed E-state index contributed by atoms with van der Waals surface area (Å²) in [4.78, 5) is 0. The van der Waals surface area contributed by atoms with Crippen LogP contribution in [-0.2, 0) is 5.41 Å². The lowest BCUT2D eigenvalue weighted by atomic mass is 9.81. The molecule has 92 valence electrons. The lowest BCUT2D eigenvalue weighted by Gasteiger charge is -2.24. The summed E-state index contributed by atoms with van der Waals surface area (Å²) >= 11 is 0.